The van der Waals surface area contributed by atoms with Gasteiger partial charge in [-0.3, -0.25) is 0 Å². The van der Waals surface area contributed by atoms with E-state index in [2.05, 4.69) is 5.16 Å². The van der Waals surface area contributed by atoms with Crippen molar-refractivity contribution in [3.8, 4) is 0 Å². The Kier molecular flexibility index (Phi) is 4.64. The third-order valence-corrected chi connectivity index (χ3v) is 1.54. The summed E-state index contributed by atoms with van der Waals surface area (Å²) in [5.74, 6) is 0.124. The summed E-state index contributed by atoms with van der Waals surface area (Å²) in [6.07, 6.45) is 0.368. The van der Waals surface area contributed by atoms with Gasteiger partial charge in [-0.1, -0.05) is 5.16 Å². The summed E-state index contributed by atoms with van der Waals surface area (Å²) in [6, 6.07) is -0.106. The first-order valence-electron chi connectivity index (χ1n) is 3.88. The van der Waals surface area contributed by atoms with Gasteiger partial charge in [-0.15, -0.1) is 0 Å². The van der Waals surface area contributed by atoms with Crippen LogP contribution in [-0.2, 0) is 0 Å². The summed E-state index contributed by atoms with van der Waals surface area (Å²) in [5, 5.41) is 11.1. The Labute approximate surface area is 77.6 Å². The van der Waals surface area contributed by atoms with Gasteiger partial charge < -0.3 is 20.7 Å². The van der Waals surface area contributed by atoms with Crippen LogP contribution in [0.25, 0.3) is 0 Å². The molecule has 0 unspecified atom stereocenters. The van der Waals surface area contributed by atoms with Gasteiger partial charge in [-0.05, 0) is 0 Å². The van der Waals surface area contributed by atoms with Gasteiger partial charge in [0.2, 0.25) is 0 Å². The molecule has 0 radical (unpaired) electrons. The van der Waals surface area contributed by atoms with Crippen LogP contribution in [0.1, 0.15) is 6.42 Å². The zero-order chi connectivity index (χ0) is 10.4. The fourth-order valence-electron chi connectivity index (χ4n) is 0.769. The second-order valence-electron chi connectivity index (χ2n) is 2.94. The Bertz CT molecular complexity index is 203. The molecule has 13 heavy (non-hydrogen) atoms. The molecule has 0 aliphatic carbocycles. The lowest BCUT2D eigenvalue weighted by molar-refractivity contribution is 0.183. The molecule has 0 saturated carbocycles. The lowest BCUT2D eigenvalue weighted by Crippen LogP contribution is -2.38. The third kappa shape index (κ3) is 4.19. The Hall–Kier alpha value is -1.46. The SMILES string of the molecule is CN(C)C(=O)N(C)CCC(N)=NO. The van der Waals surface area contributed by atoms with Crippen LogP contribution in [0.2, 0.25) is 0 Å². The van der Waals surface area contributed by atoms with Crippen molar-refractivity contribution >= 4 is 11.9 Å². The maximum Gasteiger partial charge on any atom is 0.319 e. The molecular weight excluding hydrogens is 172 g/mol. The maximum absolute atomic E-state index is 11.3. The van der Waals surface area contributed by atoms with Crippen LogP contribution in [0.15, 0.2) is 5.16 Å². The van der Waals surface area contributed by atoms with E-state index in [1.165, 1.54) is 9.80 Å². The smallest absolute Gasteiger partial charge is 0.319 e. The van der Waals surface area contributed by atoms with Crippen LogP contribution in [0.3, 0.4) is 0 Å². The normalized spacial score (nSPS) is 11.2. The number of rotatable bonds is 3. The molecule has 2 amide bonds. The van der Waals surface area contributed by atoms with E-state index in [1.807, 2.05) is 0 Å². The van der Waals surface area contributed by atoms with Crippen LogP contribution < -0.4 is 5.73 Å². The molecule has 0 spiro atoms. The Morgan fingerprint density at radius 3 is 2.38 bits per heavy atom. The standard InChI is InChI=1S/C7H16N4O2/c1-10(2)7(12)11(3)5-4-6(8)9-13/h13H,4-5H2,1-3H3,(H2,8,9). The predicted octanol–water partition coefficient (Wildman–Crippen LogP) is -0.264. The first kappa shape index (κ1) is 11.5. The van der Waals surface area contributed by atoms with Crippen molar-refractivity contribution in [1.29, 1.82) is 0 Å². The van der Waals surface area contributed by atoms with Gasteiger partial charge in [0.1, 0.15) is 5.84 Å². The fraction of sp³-hybridized carbons (Fsp3) is 0.714. The van der Waals surface area contributed by atoms with Crippen molar-refractivity contribution in [3.63, 3.8) is 0 Å². The summed E-state index contributed by atoms with van der Waals surface area (Å²) in [4.78, 5) is 14.2. The highest BCUT2D eigenvalue weighted by molar-refractivity contribution is 5.80. The van der Waals surface area contributed by atoms with Gasteiger partial charge in [0.15, 0.2) is 0 Å². The molecule has 0 aromatic rings. The molecule has 3 N–H and O–H groups in total. The van der Waals surface area contributed by atoms with Gasteiger partial charge >= 0.3 is 6.03 Å². The molecule has 6 heteroatoms. The van der Waals surface area contributed by atoms with E-state index in [0.717, 1.165) is 0 Å². The van der Waals surface area contributed by atoms with Crippen LogP contribution in [0.4, 0.5) is 4.79 Å². The summed E-state index contributed by atoms with van der Waals surface area (Å²) in [7, 11) is 5.00. The number of nitrogens with zero attached hydrogens (tertiary/aromatic N) is 3. The molecule has 0 atom stereocenters. The number of hydrogen-bond acceptors (Lipinski definition) is 3. The lowest BCUT2D eigenvalue weighted by atomic mass is 10.4. The molecule has 0 aliphatic heterocycles. The molecule has 6 nitrogen and oxygen atoms in total. The van der Waals surface area contributed by atoms with Crippen LogP contribution >= 0.6 is 0 Å². The number of urea groups is 1. The number of carbonyl (C=O) groups is 1. The minimum atomic E-state index is -0.106. The lowest BCUT2D eigenvalue weighted by Gasteiger charge is -2.21. The van der Waals surface area contributed by atoms with Crippen LogP contribution in [0, 0.1) is 0 Å². The van der Waals surface area contributed by atoms with Gasteiger partial charge in [0.05, 0.1) is 0 Å². The number of hydrogen-bond donors (Lipinski definition) is 2. The van der Waals surface area contributed by atoms with E-state index in [9.17, 15) is 4.79 Å². The van der Waals surface area contributed by atoms with E-state index < -0.39 is 0 Å². The highest BCUT2D eigenvalue weighted by Gasteiger charge is 2.10. The molecule has 0 aromatic carbocycles. The number of amidine groups is 1. The third-order valence-electron chi connectivity index (χ3n) is 1.54. The van der Waals surface area contributed by atoms with Crippen LogP contribution in [0.5, 0.6) is 0 Å². The monoisotopic (exact) mass is 188 g/mol. The highest BCUT2D eigenvalue weighted by atomic mass is 16.4. The second kappa shape index (κ2) is 5.23. The van der Waals surface area contributed by atoms with Crippen molar-refractivity contribution in [2.24, 2.45) is 10.9 Å². The average molecular weight is 188 g/mol. The number of amides is 2. The number of nitrogens with two attached hydrogens (primary N) is 1. The zero-order valence-corrected chi connectivity index (χ0v) is 8.19. The van der Waals surface area contributed by atoms with E-state index in [1.54, 1.807) is 21.1 Å². The summed E-state index contributed by atoms with van der Waals surface area (Å²) < 4.78 is 0. The van der Waals surface area contributed by atoms with Gasteiger partial charge in [-0.2, -0.15) is 0 Å². The minimum Gasteiger partial charge on any atom is -0.409 e. The molecule has 0 saturated heterocycles. The first-order chi connectivity index (χ1) is 5.99. The molecular formula is C7H16N4O2. The highest BCUT2D eigenvalue weighted by Crippen LogP contribution is 1.92. The number of oxime groups is 1. The Morgan fingerprint density at radius 2 is 2.00 bits per heavy atom. The summed E-state index contributed by atoms with van der Waals surface area (Å²) in [6.45, 7) is 0.437. The molecule has 0 fully saturated rings. The molecule has 0 heterocycles. The average Bonchev–Trinajstić information content (AvgIpc) is 2.11. The van der Waals surface area contributed by atoms with Crippen molar-refractivity contribution in [2.45, 2.75) is 6.42 Å². The molecule has 0 aliphatic rings. The van der Waals surface area contributed by atoms with E-state index in [-0.39, 0.29) is 11.9 Å². The van der Waals surface area contributed by atoms with Crippen molar-refractivity contribution in [3.05, 3.63) is 0 Å². The van der Waals surface area contributed by atoms with E-state index in [0.29, 0.717) is 13.0 Å². The second-order valence-corrected chi connectivity index (χ2v) is 2.94. The largest absolute Gasteiger partial charge is 0.409 e. The fourth-order valence-corrected chi connectivity index (χ4v) is 0.769. The Morgan fingerprint density at radius 1 is 1.46 bits per heavy atom. The van der Waals surface area contributed by atoms with Crippen molar-refractivity contribution in [2.75, 3.05) is 27.7 Å². The molecule has 0 rings (SSSR count). The van der Waals surface area contributed by atoms with Gasteiger partial charge in [-0.25, -0.2) is 4.79 Å². The molecule has 76 valence electrons. The quantitative estimate of drug-likeness (QED) is 0.277. The minimum absolute atomic E-state index is 0.106. The number of carbonyl (C=O) groups excluding carboxylic acids is 1. The molecule has 0 bridgehead atoms. The molecule has 0 aromatic heterocycles. The maximum atomic E-state index is 11.3. The van der Waals surface area contributed by atoms with Crippen LogP contribution in [-0.4, -0.2) is 54.6 Å². The summed E-state index contributed by atoms with van der Waals surface area (Å²) in [5.41, 5.74) is 5.25. The predicted molar refractivity (Wildman–Crippen MR) is 49.7 cm³/mol. The van der Waals surface area contributed by atoms with Gasteiger partial charge in [0, 0.05) is 34.1 Å². The Balaban J connectivity index is 3.88. The topological polar surface area (TPSA) is 82.2 Å². The van der Waals surface area contributed by atoms with Gasteiger partial charge in [0.25, 0.3) is 0 Å². The van der Waals surface area contributed by atoms with E-state index in [4.69, 9.17) is 10.9 Å². The summed E-state index contributed by atoms with van der Waals surface area (Å²) >= 11 is 0. The van der Waals surface area contributed by atoms with E-state index >= 15 is 0 Å². The zero-order valence-electron chi connectivity index (χ0n) is 8.19. The van der Waals surface area contributed by atoms with Crippen molar-refractivity contribution < 1.29 is 10.0 Å². The van der Waals surface area contributed by atoms with Crippen molar-refractivity contribution in [1.82, 2.24) is 9.80 Å². The first-order valence-corrected chi connectivity index (χ1v) is 3.88.